The highest BCUT2D eigenvalue weighted by molar-refractivity contribution is 7.09. The summed E-state index contributed by atoms with van der Waals surface area (Å²) in [5, 5.41) is 8.76. The smallest absolute Gasteiger partial charge is 0.369 e. The lowest BCUT2D eigenvalue weighted by molar-refractivity contribution is -0.375. The molecule has 0 aliphatic rings. The van der Waals surface area contributed by atoms with E-state index in [1.807, 2.05) is 0 Å². The fourth-order valence-electron chi connectivity index (χ4n) is 0.835. The van der Waals surface area contributed by atoms with Crippen LogP contribution in [0.2, 0.25) is 0 Å². The number of nitrogens with zero attached hydrogens (tertiary/aromatic N) is 1. The van der Waals surface area contributed by atoms with Crippen LogP contribution in [0.4, 0.5) is 26.3 Å². The van der Waals surface area contributed by atoms with E-state index in [1.165, 1.54) is 0 Å². The molecule has 0 saturated heterocycles. The molecule has 0 saturated carbocycles. The van der Waals surface area contributed by atoms with Crippen LogP contribution in [-0.2, 0) is 5.60 Å². The van der Waals surface area contributed by atoms with Gasteiger partial charge in [0.25, 0.3) is 5.60 Å². The van der Waals surface area contributed by atoms with Gasteiger partial charge in [0, 0.05) is 6.20 Å². The van der Waals surface area contributed by atoms with E-state index in [-0.39, 0.29) is 11.3 Å². The SMILES string of the molecule is OC(c1cncs1)(C(F)(F)F)C(F)(F)F. The molecule has 0 amide bonds. The van der Waals surface area contributed by atoms with E-state index >= 15 is 0 Å². The van der Waals surface area contributed by atoms with Crippen molar-refractivity contribution < 1.29 is 31.4 Å². The van der Waals surface area contributed by atoms with Gasteiger partial charge >= 0.3 is 12.4 Å². The predicted molar refractivity (Wildman–Crippen MR) is 38.1 cm³/mol. The summed E-state index contributed by atoms with van der Waals surface area (Å²) in [5.41, 5.74) is -4.07. The number of aliphatic hydroxyl groups is 1. The van der Waals surface area contributed by atoms with E-state index in [9.17, 15) is 26.3 Å². The standard InChI is InChI=1S/C6H3F6NOS/c7-5(8,9)4(14,6(10,11)12)3-1-13-2-15-3/h1-2,14H. The second-order valence-corrected chi connectivity index (χ2v) is 3.46. The summed E-state index contributed by atoms with van der Waals surface area (Å²) in [5.74, 6) is 0. The van der Waals surface area contributed by atoms with Crippen molar-refractivity contribution >= 4 is 11.3 Å². The molecule has 86 valence electrons. The maximum atomic E-state index is 12.2. The largest absolute Gasteiger partial charge is 0.431 e. The number of hydrogen-bond acceptors (Lipinski definition) is 3. The van der Waals surface area contributed by atoms with Crippen LogP contribution in [0.3, 0.4) is 0 Å². The molecule has 0 fully saturated rings. The Morgan fingerprint density at radius 3 is 1.80 bits per heavy atom. The van der Waals surface area contributed by atoms with Gasteiger partial charge in [0.2, 0.25) is 0 Å². The number of halogens is 6. The molecule has 0 spiro atoms. The molecule has 0 bridgehead atoms. The molecule has 2 nitrogen and oxygen atoms in total. The topological polar surface area (TPSA) is 33.1 Å². The first-order valence-corrected chi connectivity index (χ1v) is 4.23. The van der Waals surface area contributed by atoms with Crippen LogP contribution in [0.25, 0.3) is 0 Å². The summed E-state index contributed by atoms with van der Waals surface area (Å²) < 4.78 is 73.0. The average molecular weight is 251 g/mol. The minimum atomic E-state index is -5.84. The second-order valence-electron chi connectivity index (χ2n) is 2.57. The minimum Gasteiger partial charge on any atom is -0.369 e. The lowest BCUT2D eigenvalue weighted by Gasteiger charge is -2.30. The molecule has 1 rings (SSSR count). The third-order valence-electron chi connectivity index (χ3n) is 1.61. The van der Waals surface area contributed by atoms with Gasteiger partial charge in [-0.25, -0.2) is 0 Å². The van der Waals surface area contributed by atoms with Gasteiger partial charge in [0.05, 0.1) is 10.4 Å². The zero-order valence-electron chi connectivity index (χ0n) is 6.73. The number of rotatable bonds is 1. The molecule has 15 heavy (non-hydrogen) atoms. The molecule has 0 aliphatic heterocycles. The molecule has 0 unspecified atom stereocenters. The van der Waals surface area contributed by atoms with E-state index in [0.29, 0.717) is 6.20 Å². The second kappa shape index (κ2) is 3.34. The Balaban J connectivity index is 3.33. The first-order chi connectivity index (χ1) is 6.61. The highest BCUT2D eigenvalue weighted by atomic mass is 32.1. The zero-order chi connectivity index (χ0) is 11.9. The monoisotopic (exact) mass is 251 g/mol. The molecule has 0 radical (unpaired) electrons. The van der Waals surface area contributed by atoms with Crippen LogP contribution < -0.4 is 0 Å². The van der Waals surface area contributed by atoms with Gasteiger partial charge in [-0.1, -0.05) is 0 Å². The zero-order valence-corrected chi connectivity index (χ0v) is 7.54. The average Bonchev–Trinajstić information content (AvgIpc) is 2.49. The van der Waals surface area contributed by atoms with Crippen molar-refractivity contribution in [2.75, 3.05) is 0 Å². The Bertz CT molecular complexity index is 314. The Labute approximate surface area is 83.2 Å². The third kappa shape index (κ3) is 1.81. The Morgan fingerprint density at radius 2 is 1.53 bits per heavy atom. The van der Waals surface area contributed by atoms with Crippen LogP contribution in [0.15, 0.2) is 11.7 Å². The van der Waals surface area contributed by atoms with Crippen molar-refractivity contribution in [3.05, 3.63) is 16.6 Å². The fourth-order valence-corrected chi connectivity index (χ4v) is 1.59. The van der Waals surface area contributed by atoms with Gasteiger partial charge < -0.3 is 5.11 Å². The van der Waals surface area contributed by atoms with Crippen molar-refractivity contribution in [2.45, 2.75) is 18.0 Å². The maximum Gasteiger partial charge on any atom is 0.431 e. The van der Waals surface area contributed by atoms with Crippen molar-refractivity contribution in [3.8, 4) is 0 Å². The van der Waals surface area contributed by atoms with E-state index < -0.39 is 22.8 Å². The highest BCUT2D eigenvalue weighted by Gasteiger charge is 2.72. The van der Waals surface area contributed by atoms with Crippen molar-refractivity contribution in [1.29, 1.82) is 0 Å². The van der Waals surface area contributed by atoms with E-state index in [0.717, 1.165) is 5.51 Å². The van der Waals surface area contributed by atoms with Crippen LogP contribution in [-0.4, -0.2) is 22.4 Å². The first kappa shape index (κ1) is 12.2. The molecular formula is C6H3F6NOS. The number of alkyl halides is 6. The first-order valence-electron chi connectivity index (χ1n) is 3.35. The van der Waals surface area contributed by atoms with Crippen LogP contribution in [0.5, 0.6) is 0 Å². The Hall–Kier alpha value is -0.830. The predicted octanol–water partition coefficient (Wildman–Crippen LogP) is 2.46. The van der Waals surface area contributed by atoms with Gasteiger partial charge in [-0.3, -0.25) is 4.98 Å². The van der Waals surface area contributed by atoms with Gasteiger partial charge in [-0.2, -0.15) is 26.3 Å². The van der Waals surface area contributed by atoms with E-state index in [4.69, 9.17) is 5.11 Å². The molecular weight excluding hydrogens is 248 g/mol. The molecule has 1 heterocycles. The number of thiazole rings is 1. The van der Waals surface area contributed by atoms with E-state index in [2.05, 4.69) is 4.98 Å². The van der Waals surface area contributed by atoms with E-state index in [1.54, 1.807) is 0 Å². The summed E-state index contributed by atoms with van der Waals surface area (Å²) in [7, 11) is 0. The van der Waals surface area contributed by atoms with Gasteiger partial charge in [0.15, 0.2) is 0 Å². The lowest BCUT2D eigenvalue weighted by Crippen LogP contribution is -2.53. The molecule has 0 aromatic carbocycles. The minimum absolute atomic E-state index is 0.0825. The molecule has 0 atom stereocenters. The third-order valence-corrected chi connectivity index (χ3v) is 2.49. The van der Waals surface area contributed by atoms with Crippen LogP contribution in [0.1, 0.15) is 4.88 Å². The molecule has 1 aromatic rings. The van der Waals surface area contributed by atoms with Crippen molar-refractivity contribution in [3.63, 3.8) is 0 Å². The van der Waals surface area contributed by atoms with Crippen LogP contribution >= 0.6 is 11.3 Å². The summed E-state index contributed by atoms with van der Waals surface area (Å²) in [4.78, 5) is 1.77. The Kier molecular flexibility index (Phi) is 2.72. The quantitative estimate of drug-likeness (QED) is 0.778. The summed E-state index contributed by atoms with van der Waals surface area (Å²) in [6.07, 6.45) is -11.3. The fraction of sp³-hybridized carbons (Fsp3) is 0.500. The highest BCUT2D eigenvalue weighted by Crippen LogP contribution is 2.50. The number of hydrogen-bond donors (Lipinski definition) is 1. The summed E-state index contributed by atoms with van der Waals surface area (Å²) in [6.45, 7) is 0. The summed E-state index contributed by atoms with van der Waals surface area (Å²) in [6, 6.07) is 0. The van der Waals surface area contributed by atoms with Gasteiger partial charge in [-0.15, -0.1) is 11.3 Å². The number of aromatic nitrogens is 1. The van der Waals surface area contributed by atoms with Crippen molar-refractivity contribution in [1.82, 2.24) is 4.98 Å². The summed E-state index contributed by atoms with van der Waals surface area (Å²) >= 11 is 0.0825. The van der Waals surface area contributed by atoms with Gasteiger partial charge in [-0.05, 0) is 0 Å². The van der Waals surface area contributed by atoms with Crippen LogP contribution in [0, 0.1) is 0 Å². The Morgan fingerprint density at radius 1 is 1.07 bits per heavy atom. The normalized spacial score (nSPS) is 14.3. The maximum absolute atomic E-state index is 12.2. The molecule has 0 aliphatic carbocycles. The molecule has 1 aromatic heterocycles. The molecule has 1 N–H and O–H groups in total. The lowest BCUT2D eigenvalue weighted by atomic mass is 10.0. The molecule has 9 heteroatoms. The van der Waals surface area contributed by atoms with Crippen molar-refractivity contribution in [2.24, 2.45) is 0 Å². The van der Waals surface area contributed by atoms with Gasteiger partial charge in [0.1, 0.15) is 0 Å².